The molecule has 1 fully saturated rings. The van der Waals surface area contributed by atoms with Crippen LogP contribution in [0.1, 0.15) is 24.8 Å². The number of carboxylic acids is 1. The number of nitrogens with zero attached hydrogens (tertiary/aromatic N) is 1. The second-order valence-corrected chi connectivity index (χ2v) is 11.2. The maximum absolute atomic E-state index is 13.6. The highest BCUT2D eigenvalue weighted by Crippen LogP contribution is 2.49. The van der Waals surface area contributed by atoms with E-state index in [4.69, 9.17) is 34.8 Å². The number of aliphatic carboxylic acids is 1. The van der Waals surface area contributed by atoms with Crippen molar-refractivity contribution >= 4 is 50.8 Å². The van der Waals surface area contributed by atoms with Crippen LogP contribution in [-0.4, -0.2) is 30.3 Å². The number of hydrogen-bond donors (Lipinski definition) is 1. The molecule has 0 radical (unpaired) electrons. The van der Waals surface area contributed by atoms with Gasteiger partial charge in [-0.25, -0.2) is 8.42 Å². The lowest BCUT2D eigenvalue weighted by Gasteiger charge is -2.49. The first-order valence-electron chi connectivity index (χ1n) is 10.2. The fourth-order valence-corrected chi connectivity index (χ4v) is 6.84. The molecule has 1 aliphatic carbocycles. The van der Waals surface area contributed by atoms with Crippen LogP contribution >= 0.6 is 34.8 Å². The van der Waals surface area contributed by atoms with Gasteiger partial charge in [0.25, 0.3) is 0 Å². The molecule has 4 rings (SSSR count). The summed E-state index contributed by atoms with van der Waals surface area (Å²) in [5.41, 5.74) is 1.32. The van der Waals surface area contributed by atoms with Gasteiger partial charge in [0.2, 0.25) is 10.0 Å². The van der Waals surface area contributed by atoms with Crippen molar-refractivity contribution in [2.45, 2.75) is 29.7 Å². The molecule has 9 heteroatoms. The van der Waals surface area contributed by atoms with Crippen LogP contribution < -0.4 is 0 Å². The molecule has 0 unspecified atom stereocenters. The number of halogens is 3. The first-order chi connectivity index (χ1) is 15.6. The molecule has 0 bridgehead atoms. The normalized spacial score (nSPS) is 15.3. The molecule has 0 spiro atoms. The quantitative estimate of drug-likeness (QED) is 0.384. The summed E-state index contributed by atoms with van der Waals surface area (Å²) in [6.07, 6.45) is 1.77. The largest absolute Gasteiger partial charge is 0.480 e. The molecule has 3 aromatic carbocycles. The molecule has 0 heterocycles. The minimum absolute atomic E-state index is 0.0414. The van der Waals surface area contributed by atoms with Crippen LogP contribution in [0.15, 0.2) is 71.6 Å². The number of hydrogen-bond acceptors (Lipinski definition) is 3. The Labute approximate surface area is 207 Å². The van der Waals surface area contributed by atoms with E-state index in [1.54, 1.807) is 24.3 Å². The van der Waals surface area contributed by atoms with E-state index in [-0.39, 0.29) is 9.92 Å². The van der Waals surface area contributed by atoms with Gasteiger partial charge in [0, 0.05) is 15.1 Å². The van der Waals surface area contributed by atoms with Crippen molar-refractivity contribution in [2.24, 2.45) is 0 Å². The van der Waals surface area contributed by atoms with Crippen molar-refractivity contribution in [1.29, 1.82) is 0 Å². The monoisotopic (exact) mass is 523 g/mol. The van der Waals surface area contributed by atoms with E-state index in [1.165, 1.54) is 18.2 Å². The smallest absolute Gasteiger partial charge is 0.318 e. The topological polar surface area (TPSA) is 74.7 Å². The lowest BCUT2D eigenvalue weighted by molar-refractivity contribution is -0.139. The van der Waals surface area contributed by atoms with Crippen LogP contribution in [-0.2, 0) is 20.4 Å². The Balaban J connectivity index is 1.84. The average molecular weight is 525 g/mol. The molecule has 0 amide bonds. The van der Waals surface area contributed by atoms with Gasteiger partial charge in [-0.05, 0) is 78.4 Å². The van der Waals surface area contributed by atoms with Crippen LogP contribution in [0.4, 0.5) is 0 Å². The van der Waals surface area contributed by atoms with E-state index in [2.05, 4.69) is 0 Å². The Bertz CT molecular complexity index is 1300. The van der Waals surface area contributed by atoms with E-state index < -0.39 is 28.1 Å². The predicted octanol–water partition coefficient (Wildman–Crippen LogP) is 6.47. The van der Waals surface area contributed by atoms with E-state index in [0.29, 0.717) is 28.5 Å². The van der Waals surface area contributed by atoms with Crippen molar-refractivity contribution in [3.05, 3.63) is 87.4 Å². The fraction of sp³-hybridized carbons (Fsp3) is 0.208. The molecule has 0 saturated heterocycles. The van der Waals surface area contributed by atoms with Crippen LogP contribution in [0.3, 0.4) is 0 Å². The Hall–Kier alpha value is -2.09. The molecule has 1 aliphatic rings. The lowest BCUT2D eigenvalue weighted by atomic mass is 9.71. The van der Waals surface area contributed by atoms with Gasteiger partial charge in [0.1, 0.15) is 6.54 Å². The molecule has 1 N–H and O–H groups in total. The highest BCUT2D eigenvalue weighted by molar-refractivity contribution is 7.89. The van der Waals surface area contributed by atoms with Gasteiger partial charge in [-0.3, -0.25) is 4.79 Å². The number of carboxylic acid groups (broad SMARTS) is 1. The number of benzene rings is 3. The Kier molecular flexibility index (Phi) is 6.76. The molecular weight excluding hydrogens is 505 g/mol. The van der Waals surface area contributed by atoms with Gasteiger partial charge in [-0.15, -0.1) is 0 Å². The lowest BCUT2D eigenvalue weighted by Crippen LogP contribution is -2.55. The summed E-state index contributed by atoms with van der Waals surface area (Å²) in [4.78, 5) is 11.7. The summed E-state index contributed by atoms with van der Waals surface area (Å²) in [6, 6.07) is 18.5. The Morgan fingerprint density at radius 1 is 0.879 bits per heavy atom. The third-order valence-electron chi connectivity index (χ3n) is 5.92. The zero-order valence-electron chi connectivity index (χ0n) is 17.3. The van der Waals surface area contributed by atoms with Gasteiger partial charge in [0.05, 0.1) is 10.4 Å². The Morgan fingerprint density at radius 2 is 1.55 bits per heavy atom. The maximum Gasteiger partial charge on any atom is 0.318 e. The summed E-state index contributed by atoms with van der Waals surface area (Å²) in [6.45, 7) is -0.665. The van der Waals surface area contributed by atoms with Gasteiger partial charge in [-0.1, -0.05) is 59.1 Å². The number of sulfonamides is 1. The zero-order valence-corrected chi connectivity index (χ0v) is 20.4. The van der Waals surface area contributed by atoms with E-state index in [9.17, 15) is 18.3 Å². The summed E-state index contributed by atoms with van der Waals surface area (Å²) < 4.78 is 28.4. The SMILES string of the molecule is O=C(O)CN(C1(c2cccc(-c3cc(Cl)cc(Cl)c3)c2)CCC1)S(=O)(=O)c1cccc(Cl)c1. The second kappa shape index (κ2) is 9.28. The average Bonchev–Trinajstić information content (AvgIpc) is 2.71. The third-order valence-corrected chi connectivity index (χ3v) is 8.50. The van der Waals surface area contributed by atoms with Crippen molar-refractivity contribution in [2.75, 3.05) is 6.54 Å². The summed E-state index contributed by atoms with van der Waals surface area (Å²) in [5, 5.41) is 10.8. The van der Waals surface area contributed by atoms with E-state index >= 15 is 0 Å². The maximum atomic E-state index is 13.6. The Morgan fingerprint density at radius 3 is 2.12 bits per heavy atom. The van der Waals surface area contributed by atoms with Crippen molar-refractivity contribution in [1.82, 2.24) is 4.31 Å². The summed E-state index contributed by atoms with van der Waals surface area (Å²) in [5.74, 6) is -1.23. The number of carbonyl (C=O) groups is 1. The molecule has 0 aliphatic heterocycles. The number of rotatable bonds is 7. The minimum Gasteiger partial charge on any atom is -0.480 e. The first-order valence-corrected chi connectivity index (χ1v) is 12.8. The van der Waals surface area contributed by atoms with Crippen molar-refractivity contribution in [3.63, 3.8) is 0 Å². The van der Waals surface area contributed by atoms with Gasteiger partial charge < -0.3 is 5.11 Å². The highest BCUT2D eigenvalue weighted by atomic mass is 35.5. The predicted molar refractivity (Wildman–Crippen MR) is 130 cm³/mol. The molecular formula is C24H20Cl3NO4S. The van der Waals surface area contributed by atoms with Crippen LogP contribution in [0.5, 0.6) is 0 Å². The van der Waals surface area contributed by atoms with Crippen LogP contribution in [0.2, 0.25) is 15.1 Å². The van der Waals surface area contributed by atoms with Gasteiger partial charge >= 0.3 is 5.97 Å². The third kappa shape index (κ3) is 4.77. The molecule has 0 aromatic heterocycles. The van der Waals surface area contributed by atoms with Crippen molar-refractivity contribution in [3.8, 4) is 11.1 Å². The highest BCUT2D eigenvalue weighted by Gasteiger charge is 2.50. The van der Waals surface area contributed by atoms with Gasteiger partial charge in [-0.2, -0.15) is 4.31 Å². The second-order valence-electron chi connectivity index (χ2n) is 7.99. The van der Waals surface area contributed by atoms with Crippen LogP contribution in [0, 0.1) is 0 Å². The summed E-state index contributed by atoms with van der Waals surface area (Å²) >= 11 is 18.4. The first kappa shape index (κ1) is 24.0. The molecule has 172 valence electrons. The van der Waals surface area contributed by atoms with Crippen LogP contribution in [0.25, 0.3) is 11.1 Å². The van der Waals surface area contributed by atoms with E-state index in [1.807, 2.05) is 24.3 Å². The fourth-order valence-electron chi connectivity index (χ4n) is 4.25. The van der Waals surface area contributed by atoms with Gasteiger partial charge in [0.15, 0.2) is 0 Å². The standard InChI is InChI=1S/C24H20Cl3NO4S/c25-19-6-2-7-22(14-19)33(31,32)28(15-23(29)30)24(8-3-9-24)18-5-1-4-16(10-18)17-11-20(26)13-21(27)12-17/h1-2,4-7,10-14H,3,8-9,15H2,(H,29,30). The van der Waals surface area contributed by atoms with E-state index in [0.717, 1.165) is 21.9 Å². The molecule has 0 atom stereocenters. The minimum atomic E-state index is -4.15. The van der Waals surface area contributed by atoms with Crippen molar-refractivity contribution < 1.29 is 18.3 Å². The summed E-state index contributed by atoms with van der Waals surface area (Å²) in [7, 11) is -4.15. The molecule has 33 heavy (non-hydrogen) atoms. The molecule has 3 aromatic rings. The molecule has 1 saturated carbocycles. The zero-order chi connectivity index (χ0) is 23.8. The molecule has 5 nitrogen and oxygen atoms in total.